The topological polar surface area (TPSA) is 74.3 Å². The number of hydrogen-bond acceptors (Lipinski definition) is 6. The molecule has 0 saturated carbocycles. The lowest BCUT2D eigenvalue weighted by Gasteiger charge is -2.26. The Morgan fingerprint density at radius 1 is 0.824 bits per heavy atom. The van der Waals surface area contributed by atoms with Crippen molar-refractivity contribution in [1.82, 2.24) is 4.31 Å². The highest BCUT2D eigenvalue weighted by Crippen LogP contribution is 2.38. The third kappa shape index (κ3) is 4.83. The van der Waals surface area contributed by atoms with E-state index in [0.29, 0.717) is 36.0 Å². The Labute approximate surface area is 200 Å². The molecule has 0 radical (unpaired) electrons. The third-order valence-corrected chi connectivity index (χ3v) is 7.87. The highest BCUT2D eigenvalue weighted by molar-refractivity contribution is 7.89. The van der Waals surface area contributed by atoms with Crippen LogP contribution in [0.1, 0.15) is 22.8 Å². The SMILES string of the molecule is COc1ccc(OC2CN(S(=O)(=O)c3ccc(C)cc3)CCc3cc(OC)c(OC)cc32)cc1. The van der Waals surface area contributed by atoms with Gasteiger partial charge in [-0.15, -0.1) is 0 Å². The van der Waals surface area contributed by atoms with Crippen LogP contribution in [-0.2, 0) is 16.4 Å². The molecular weight excluding hydrogens is 454 g/mol. The van der Waals surface area contributed by atoms with Crippen molar-refractivity contribution in [2.24, 2.45) is 0 Å². The first kappa shape index (κ1) is 23.9. The standard InChI is InChI=1S/C26H29NO6S/c1-18-5-11-22(12-6-18)34(28,29)27-14-13-19-15-24(31-3)25(32-4)16-23(19)26(17-27)33-21-9-7-20(30-2)8-10-21/h5-12,15-16,26H,13-14,17H2,1-4H3. The van der Waals surface area contributed by atoms with Crippen LogP contribution in [0.4, 0.5) is 0 Å². The van der Waals surface area contributed by atoms with Crippen molar-refractivity contribution in [3.05, 3.63) is 77.4 Å². The van der Waals surface area contributed by atoms with Crippen molar-refractivity contribution >= 4 is 10.0 Å². The number of hydrogen-bond donors (Lipinski definition) is 0. The molecule has 34 heavy (non-hydrogen) atoms. The molecule has 0 spiro atoms. The number of sulfonamides is 1. The van der Waals surface area contributed by atoms with Gasteiger partial charge in [-0.2, -0.15) is 4.31 Å². The summed E-state index contributed by atoms with van der Waals surface area (Å²) in [5, 5.41) is 0. The summed E-state index contributed by atoms with van der Waals surface area (Å²) < 4.78 is 51.2. The molecule has 3 aromatic carbocycles. The molecule has 1 unspecified atom stereocenters. The number of rotatable bonds is 7. The number of aryl methyl sites for hydroxylation is 1. The fraction of sp³-hybridized carbons (Fsp3) is 0.308. The van der Waals surface area contributed by atoms with Crippen LogP contribution >= 0.6 is 0 Å². The highest BCUT2D eigenvalue weighted by Gasteiger charge is 2.33. The molecule has 0 aromatic heterocycles. The third-order valence-electron chi connectivity index (χ3n) is 5.99. The van der Waals surface area contributed by atoms with Gasteiger partial charge in [-0.05, 0) is 67.4 Å². The summed E-state index contributed by atoms with van der Waals surface area (Å²) in [4.78, 5) is 0.266. The zero-order valence-electron chi connectivity index (χ0n) is 19.8. The lowest BCUT2D eigenvalue weighted by atomic mass is 10.00. The van der Waals surface area contributed by atoms with Crippen LogP contribution in [0.5, 0.6) is 23.0 Å². The molecule has 180 valence electrons. The zero-order chi connectivity index (χ0) is 24.3. The molecule has 7 nitrogen and oxygen atoms in total. The van der Waals surface area contributed by atoms with E-state index >= 15 is 0 Å². The lowest BCUT2D eigenvalue weighted by Crippen LogP contribution is -2.36. The maximum absolute atomic E-state index is 13.5. The van der Waals surface area contributed by atoms with Crippen molar-refractivity contribution in [2.75, 3.05) is 34.4 Å². The molecular formula is C26H29NO6S. The molecule has 8 heteroatoms. The zero-order valence-corrected chi connectivity index (χ0v) is 20.6. The maximum Gasteiger partial charge on any atom is 0.243 e. The number of benzene rings is 3. The summed E-state index contributed by atoms with van der Waals surface area (Å²) in [5.74, 6) is 2.49. The Morgan fingerprint density at radius 2 is 1.44 bits per heavy atom. The van der Waals surface area contributed by atoms with E-state index in [1.165, 1.54) is 4.31 Å². The van der Waals surface area contributed by atoms with Crippen LogP contribution in [0.2, 0.25) is 0 Å². The van der Waals surface area contributed by atoms with Gasteiger partial charge in [0.2, 0.25) is 10.0 Å². The van der Waals surface area contributed by atoms with Crippen molar-refractivity contribution in [2.45, 2.75) is 24.3 Å². The van der Waals surface area contributed by atoms with Crippen LogP contribution in [0, 0.1) is 6.92 Å². The summed E-state index contributed by atoms with van der Waals surface area (Å²) >= 11 is 0. The Kier molecular flexibility index (Phi) is 7.00. The normalized spacial score (nSPS) is 16.3. The van der Waals surface area contributed by atoms with Gasteiger partial charge in [0.25, 0.3) is 0 Å². The van der Waals surface area contributed by atoms with Crippen molar-refractivity contribution in [3.8, 4) is 23.0 Å². The minimum Gasteiger partial charge on any atom is -0.497 e. The second-order valence-electron chi connectivity index (χ2n) is 8.11. The Morgan fingerprint density at radius 3 is 2.06 bits per heavy atom. The summed E-state index contributed by atoms with van der Waals surface area (Å²) in [6.07, 6.45) is -0.0330. The smallest absolute Gasteiger partial charge is 0.243 e. The van der Waals surface area contributed by atoms with Crippen LogP contribution in [0.15, 0.2) is 65.6 Å². The van der Waals surface area contributed by atoms with E-state index < -0.39 is 16.1 Å². The molecule has 0 N–H and O–H groups in total. The first-order valence-corrected chi connectivity index (χ1v) is 12.4. The van der Waals surface area contributed by atoms with Crippen LogP contribution < -0.4 is 18.9 Å². The van der Waals surface area contributed by atoms with Crippen molar-refractivity contribution in [3.63, 3.8) is 0 Å². The van der Waals surface area contributed by atoms with Crippen LogP contribution in [0.25, 0.3) is 0 Å². The lowest BCUT2D eigenvalue weighted by molar-refractivity contribution is 0.177. The molecule has 3 aromatic rings. The molecule has 0 amide bonds. The van der Waals surface area contributed by atoms with E-state index in [1.807, 2.05) is 43.3 Å². The fourth-order valence-corrected chi connectivity index (χ4v) is 5.51. The second kappa shape index (κ2) is 9.95. The summed E-state index contributed by atoms with van der Waals surface area (Å²) in [6.45, 7) is 2.41. The summed E-state index contributed by atoms with van der Waals surface area (Å²) in [5.41, 5.74) is 2.83. The van der Waals surface area contributed by atoms with E-state index in [0.717, 1.165) is 16.7 Å². The van der Waals surface area contributed by atoms with E-state index in [1.54, 1.807) is 45.6 Å². The van der Waals surface area contributed by atoms with Gasteiger partial charge in [0.05, 0.1) is 32.8 Å². The molecule has 4 rings (SSSR count). The Hall–Kier alpha value is -3.23. The van der Waals surface area contributed by atoms with Gasteiger partial charge in [0.1, 0.15) is 17.6 Å². The van der Waals surface area contributed by atoms with Gasteiger partial charge in [-0.25, -0.2) is 8.42 Å². The predicted octanol–water partition coefficient (Wildman–Crippen LogP) is 4.39. The first-order valence-electron chi connectivity index (χ1n) is 11.0. The number of ether oxygens (including phenoxy) is 4. The van der Waals surface area contributed by atoms with Crippen LogP contribution in [-0.4, -0.2) is 47.1 Å². The van der Waals surface area contributed by atoms with Gasteiger partial charge < -0.3 is 18.9 Å². The molecule has 0 aliphatic carbocycles. The average molecular weight is 484 g/mol. The average Bonchev–Trinajstić information content (AvgIpc) is 3.03. The predicted molar refractivity (Wildman–Crippen MR) is 130 cm³/mol. The Balaban J connectivity index is 1.74. The van der Waals surface area contributed by atoms with E-state index in [4.69, 9.17) is 18.9 Å². The minimum atomic E-state index is -3.72. The van der Waals surface area contributed by atoms with E-state index in [2.05, 4.69) is 0 Å². The second-order valence-corrected chi connectivity index (χ2v) is 10.1. The van der Waals surface area contributed by atoms with Crippen molar-refractivity contribution in [1.29, 1.82) is 0 Å². The largest absolute Gasteiger partial charge is 0.497 e. The minimum absolute atomic E-state index is 0.157. The fourth-order valence-electron chi connectivity index (χ4n) is 4.07. The molecule has 0 saturated heterocycles. The molecule has 1 aliphatic rings. The van der Waals surface area contributed by atoms with E-state index in [-0.39, 0.29) is 11.4 Å². The monoisotopic (exact) mass is 483 g/mol. The first-order chi connectivity index (χ1) is 16.3. The summed E-state index contributed by atoms with van der Waals surface area (Å²) in [6, 6.07) is 17.9. The van der Waals surface area contributed by atoms with Gasteiger partial charge in [0, 0.05) is 12.1 Å². The molecule has 1 atom stereocenters. The van der Waals surface area contributed by atoms with E-state index in [9.17, 15) is 8.42 Å². The summed E-state index contributed by atoms with van der Waals surface area (Å²) in [7, 11) is 1.05. The van der Waals surface area contributed by atoms with Crippen molar-refractivity contribution < 1.29 is 27.4 Å². The van der Waals surface area contributed by atoms with Crippen LogP contribution in [0.3, 0.4) is 0 Å². The maximum atomic E-state index is 13.5. The van der Waals surface area contributed by atoms with Gasteiger partial charge in [-0.1, -0.05) is 17.7 Å². The number of methoxy groups -OCH3 is 3. The molecule has 1 aliphatic heterocycles. The van der Waals surface area contributed by atoms with Gasteiger partial charge >= 0.3 is 0 Å². The molecule has 0 bridgehead atoms. The highest BCUT2D eigenvalue weighted by atomic mass is 32.2. The Bertz CT molecular complexity index is 1240. The van der Waals surface area contributed by atoms with Gasteiger partial charge in [-0.3, -0.25) is 0 Å². The molecule has 1 heterocycles. The quantitative estimate of drug-likeness (QED) is 0.496. The molecule has 0 fully saturated rings. The number of nitrogens with zero attached hydrogens (tertiary/aromatic N) is 1. The van der Waals surface area contributed by atoms with Gasteiger partial charge in [0.15, 0.2) is 11.5 Å². The number of fused-ring (bicyclic) bond motifs is 1.